The fourth-order valence-corrected chi connectivity index (χ4v) is 0.647. The summed E-state index contributed by atoms with van der Waals surface area (Å²) in [6.07, 6.45) is -0.441. The molecular weight excluding hydrogens is 98.1 g/mol. The van der Waals surface area contributed by atoms with Crippen molar-refractivity contribution in [2.24, 2.45) is 11.7 Å². The third-order valence-electron chi connectivity index (χ3n) is 1.05. The largest absolute Gasteiger partial charge is 0.330 e. The molecular formula is C7H17N. The van der Waals surface area contributed by atoms with Crippen LogP contribution >= 0.6 is 0 Å². The van der Waals surface area contributed by atoms with Gasteiger partial charge in [-0.05, 0) is 18.8 Å². The average molecular weight is 119 g/mol. The standard InChI is InChI=1S/C7H17N/c1-3-4-7(2)5-6-8/h7H,3-6,8H2,1-2H3/i5D2,6D2. The first kappa shape index (κ1) is 3.21. The predicted molar refractivity (Wildman–Crippen MR) is 37.7 cm³/mol. The van der Waals surface area contributed by atoms with Gasteiger partial charge in [0.1, 0.15) is 0 Å². The molecule has 1 nitrogen and oxygen atoms in total. The highest BCUT2D eigenvalue weighted by Crippen LogP contribution is 2.07. The number of rotatable bonds is 4. The van der Waals surface area contributed by atoms with E-state index < -0.39 is 12.9 Å². The fourth-order valence-electron chi connectivity index (χ4n) is 0.647. The van der Waals surface area contributed by atoms with Crippen LogP contribution in [0.2, 0.25) is 0 Å². The highest BCUT2D eigenvalue weighted by molar-refractivity contribution is 4.50. The second-order valence-corrected chi connectivity index (χ2v) is 1.98. The lowest BCUT2D eigenvalue weighted by molar-refractivity contribution is 0.493. The molecule has 50 valence electrons. The Morgan fingerprint density at radius 3 is 2.75 bits per heavy atom. The summed E-state index contributed by atoms with van der Waals surface area (Å²) in [7, 11) is 0. The van der Waals surface area contributed by atoms with Gasteiger partial charge in [-0.3, -0.25) is 0 Å². The molecule has 0 aromatic carbocycles. The smallest absolute Gasteiger partial charge is 0.0426 e. The first-order valence-corrected chi connectivity index (χ1v) is 3.02. The molecule has 0 spiro atoms. The van der Waals surface area contributed by atoms with Crippen molar-refractivity contribution in [3.05, 3.63) is 0 Å². The maximum absolute atomic E-state index is 7.45. The molecule has 0 saturated heterocycles. The molecule has 0 fully saturated rings. The molecule has 1 heteroatoms. The zero-order valence-electron chi connectivity index (χ0n) is 9.57. The molecule has 0 rings (SSSR count). The molecule has 0 bridgehead atoms. The van der Waals surface area contributed by atoms with Crippen LogP contribution in [-0.4, -0.2) is 6.50 Å². The van der Waals surface area contributed by atoms with E-state index in [1.807, 2.05) is 6.92 Å². The van der Waals surface area contributed by atoms with E-state index in [4.69, 9.17) is 11.2 Å². The average Bonchev–Trinajstić information content (AvgIpc) is 1.85. The Morgan fingerprint density at radius 2 is 2.38 bits per heavy atom. The Balaban J connectivity index is 4.38. The molecule has 0 aromatic rings. The highest BCUT2D eigenvalue weighted by atomic mass is 14.5. The van der Waals surface area contributed by atoms with Crippen LogP contribution in [0.25, 0.3) is 0 Å². The second-order valence-electron chi connectivity index (χ2n) is 1.98. The van der Waals surface area contributed by atoms with Gasteiger partial charge in [-0.2, -0.15) is 0 Å². The van der Waals surface area contributed by atoms with E-state index in [1.165, 1.54) is 0 Å². The van der Waals surface area contributed by atoms with Crippen molar-refractivity contribution >= 4 is 0 Å². The lowest BCUT2D eigenvalue weighted by atomic mass is 10.0. The van der Waals surface area contributed by atoms with E-state index >= 15 is 0 Å². The van der Waals surface area contributed by atoms with Crippen LogP contribution < -0.4 is 5.73 Å². The zero-order valence-corrected chi connectivity index (χ0v) is 5.57. The predicted octanol–water partition coefficient (Wildman–Crippen LogP) is 1.77. The Hall–Kier alpha value is -0.0400. The van der Waals surface area contributed by atoms with Gasteiger partial charge in [-0.15, -0.1) is 0 Å². The van der Waals surface area contributed by atoms with Gasteiger partial charge in [-0.1, -0.05) is 26.7 Å². The number of hydrogen-bond acceptors (Lipinski definition) is 1. The Kier molecular flexibility index (Phi) is 2.05. The maximum atomic E-state index is 7.45. The summed E-state index contributed by atoms with van der Waals surface area (Å²) in [5, 5.41) is 0. The lowest BCUT2D eigenvalue weighted by Gasteiger charge is -2.05. The zero-order chi connectivity index (χ0) is 9.99. The summed E-state index contributed by atoms with van der Waals surface area (Å²) < 4.78 is 29.1. The minimum atomic E-state index is -2.25. The fraction of sp³-hybridized carbons (Fsp3) is 1.00. The van der Waals surface area contributed by atoms with Crippen molar-refractivity contribution in [1.29, 1.82) is 0 Å². The molecule has 0 aliphatic heterocycles. The summed E-state index contributed by atoms with van der Waals surface area (Å²) >= 11 is 0. The lowest BCUT2D eigenvalue weighted by Crippen LogP contribution is -2.04. The molecule has 8 heavy (non-hydrogen) atoms. The second kappa shape index (κ2) is 5.10. The van der Waals surface area contributed by atoms with Gasteiger partial charge in [0.25, 0.3) is 0 Å². The van der Waals surface area contributed by atoms with Crippen molar-refractivity contribution in [3.63, 3.8) is 0 Å². The molecule has 2 N–H and O–H groups in total. The van der Waals surface area contributed by atoms with Gasteiger partial charge in [0.15, 0.2) is 0 Å². The molecule has 0 aliphatic rings. The van der Waals surface area contributed by atoms with Crippen molar-refractivity contribution in [3.8, 4) is 0 Å². The van der Waals surface area contributed by atoms with Crippen LogP contribution in [0.15, 0.2) is 0 Å². The molecule has 0 amide bonds. The first-order chi connectivity index (χ1) is 5.23. The van der Waals surface area contributed by atoms with Gasteiger partial charge < -0.3 is 5.73 Å². The number of nitrogens with two attached hydrogens (primary N) is 1. The van der Waals surface area contributed by atoms with E-state index in [0.29, 0.717) is 6.42 Å². The molecule has 0 saturated carbocycles. The summed E-state index contributed by atoms with van der Waals surface area (Å²) in [4.78, 5) is 0. The summed E-state index contributed by atoms with van der Waals surface area (Å²) in [6.45, 7) is 1.38. The van der Waals surface area contributed by atoms with Gasteiger partial charge in [0, 0.05) is 5.48 Å². The van der Waals surface area contributed by atoms with E-state index in [1.54, 1.807) is 6.92 Å². The van der Waals surface area contributed by atoms with Gasteiger partial charge in [0.2, 0.25) is 0 Å². The summed E-state index contributed by atoms with van der Waals surface area (Å²) in [5.41, 5.74) is 5.10. The van der Waals surface area contributed by atoms with Gasteiger partial charge >= 0.3 is 0 Å². The molecule has 0 radical (unpaired) electrons. The molecule has 1 atom stereocenters. The van der Waals surface area contributed by atoms with Gasteiger partial charge in [0.05, 0.1) is 0 Å². The van der Waals surface area contributed by atoms with Crippen molar-refractivity contribution in [2.75, 3.05) is 6.50 Å². The molecule has 0 heterocycles. The Labute approximate surface area is 57.9 Å². The first-order valence-electron chi connectivity index (χ1n) is 5.02. The van der Waals surface area contributed by atoms with E-state index in [-0.39, 0.29) is 5.92 Å². The van der Waals surface area contributed by atoms with Crippen LogP contribution in [0.4, 0.5) is 0 Å². The molecule has 1 unspecified atom stereocenters. The normalized spacial score (nSPS) is 24.9. The quantitative estimate of drug-likeness (QED) is 0.599. The van der Waals surface area contributed by atoms with E-state index in [2.05, 4.69) is 0 Å². The number of hydrogen-bond donors (Lipinski definition) is 1. The molecule has 0 aliphatic carbocycles. The highest BCUT2D eigenvalue weighted by Gasteiger charge is 1.95. The van der Waals surface area contributed by atoms with Crippen LogP contribution in [0.1, 0.15) is 38.5 Å². The topological polar surface area (TPSA) is 26.0 Å². The van der Waals surface area contributed by atoms with Crippen molar-refractivity contribution in [2.45, 2.75) is 33.1 Å². The summed E-state index contributed by atoms with van der Waals surface area (Å²) in [5.74, 6) is -0.345. The van der Waals surface area contributed by atoms with Crippen LogP contribution in [0.3, 0.4) is 0 Å². The van der Waals surface area contributed by atoms with Crippen molar-refractivity contribution in [1.82, 2.24) is 0 Å². The van der Waals surface area contributed by atoms with Crippen LogP contribution in [0, 0.1) is 5.92 Å². The minimum absolute atomic E-state index is 0.345. The minimum Gasteiger partial charge on any atom is -0.330 e. The third-order valence-corrected chi connectivity index (χ3v) is 1.05. The van der Waals surface area contributed by atoms with E-state index in [9.17, 15) is 0 Å². The van der Waals surface area contributed by atoms with Crippen molar-refractivity contribution < 1.29 is 5.48 Å². The Bertz CT molecular complexity index is 141. The van der Waals surface area contributed by atoms with Gasteiger partial charge in [-0.25, -0.2) is 0 Å². The summed E-state index contributed by atoms with van der Waals surface area (Å²) in [6, 6.07) is 0. The monoisotopic (exact) mass is 119 g/mol. The van der Waals surface area contributed by atoms with E-state index in [0.717, 1.165) is 6.42 Å². The SMILES string of the molecule is [2H]C([2H])(N)C([2H])([2H])C(C)CCC. The van der Waals surface area contributed by atoms with Crippen LogP contribution in [-0.2, 0) is 0 Å². The maximum Gasteiger partial charge on any atom is 0.0426 e. The third kappa shape index (κ3) is 4.13. The molecule has 0 aromatic heterocycles. The van der Waals surface area contributed by atoms with Crippen LogP contribution in [0.5, 0.6) is 0 Å². The Morgan fingerprint density at radius 1 is 1.75 bits per heavy atom.